The molecule has 3 aromatic carbocycles. The smallest absolute Gasteiger partial charge is 0.243 e. The minimum absolute atomic E-state index is 0.0120. The van der Waals surface area contributed by atoms with Gasteiger partial charge in [0.2, 0.25) is 26.0 Å². The molecule has 1 fully saturated rings. The number of anilines is 1. The van der Waals surface area contributed by atoms with Crippen LogP contribution in [0.1, 0.15) is 25.3 Å². The zero-order valence-electron chi connectivity index (χ0n) is 21.0. The minimum Gasteiger partial charge on any atom is -0.325 e. The fourth-order valence-corrected chi connectivity index (χ4v) is 7.06. The first-order valence-electron chi connectivity index (χ1n) is 12.3. The van der Waals surface area contributed by atoms with Crippen LogP contribution in [0.3, 0.4) is 0 Å². The maximum absolute atomic E-state index is 13.6. The van der Waals surface area contributed by atoms with E-state index in [0.29, 0.717) is 30.3 Å². The van der Waals surface area contributed by atoms with Crippen molar-refractivity contribution in [2.75, 3.05) is 25.0 Å². The van der Waals surface area contributed by atoms with Gasteiger partial charge in [-0.1, -0.05) is 37.3 Å². The Morgan fingerprint density at radius 2 is 1.47 bits per heavy atom. The summed E-state index contributed by atoms with van der Waals surface area (Å²) in [4.78, 5) is 12.6. The summed E-state index contributed by atoms with van der Waals surface area (Å²) in [7, 11) is -7.97. The van der Waals surface area contributed by atoms with E-state index in [-0.39, 0.29) is 16.3 Å². The predicted molar refractivity (Wildman–Crippen MR) is 143 cm³/mol. The molecule has 38 heavy (non-hydrogen) atoms. The Kier molecular flexibility index (Phi) is 8.61. The second-order valence-corrected chi connectivity index (χ2v) is 13.2. The number of piperidine rings is 1. The van der Waals surface area contributed by atoms with Crippen molar-refractivity contribution < 1.29 is 26.0 Å². The van der Waals surface area contributed by atoms with E-state index in [1.807, 2.05) is 0 Å². The van der Waals surface area contributed by atoms with Crippen LogP contribution in [-0.2, 0) is 31.4 Å². The lowest BCUT2D eigenvalue weighted by molar-refractivity contribution is -0.116. The van der Waals surface area contributed by atoms with E-state index in [1.165, 1.54) is 52.8 Å². The van der Waals surface area contributed by atoms with E-state index < -0.39 is 38.3 Å². The SMILES string of the molecule is CC1CCN(S(=O)(=O)c2ccc(S(=O)(=O)N(CC(=O)Nc3ccccc3)Cc3ccc(F)cc3)cc2)CC1. The molecule has 0 aliphatic carbocycles. The van der Waals surface area contributed by atoms with Crippen molar-refractivity contribution in [2.45, 2.75) is 36.1 Å². The van der Waals surface area contributed by atoms with Crippen LogP contribution in [0.5, 0.6) is 0 Å². The molecule has 0 bridgehead atoms. The van der Waals surface area contributed by atoms with E-state index in [0.717, 1.165) is 17.1 Å². The van der Waals surface area contributed by atoms with Crippen molar-refractivity contribution in [2.24, 2.45) is 5.92 Å². The molecule has 8 nitrogen and oxygen atoms in total. The number of carbonyl (C=O) groups excluding carboxylic acids is 1. The molecule has 3 aromatic rings. The first-order valence-corrected chi connectivity index (χ1v) is 15.1. The molecule has 0 aromatic heterocycles. The number of amides is 1. The molecule has 1 aliphatic heterocycles. The third kappa shape index (κ3) is 6.65. The second-order valence-electron chi connectivity index (χ2n) is 9.37. The molecule has 0 spiro atoms. The van der Waals surface area contributed by atoms with E-state index in [4.69, 9.17) is 0 Å². The molecule has 0 atom stereocenters. The Bertz CT molecular complexity index is 1460. The standard InChI is InChI=1S/C27H30FN3O5S2/c1-21-15-17-30(18-16-21)37(33,34)25-11-13-26(14-12-25)38(35,36)31(19-22-7-9-23(28)10-8-22)20-27(32)29-24-5-3-2-4-6-24/h2-14,21H,15-20H2,1H3,(H,29,32). The van der Waals surface area contributed by atoms with Gasteiger partial charge in [-0.3, -0.25) is 4.79 Å². The monoisotopic (exact) mass is 559 g/mol. The Morgan fingerprint density at radius 3 is 2.08 bits per heavy atom. The summed E-state index contributed by atoms with van der Waals surface area (Å²) in [5.41, 5.74) is 0.999. The lowest BCUT2D eigenvalue weighted by Crippen LogP contribution is -2.38. The van der Waals surface area contributed by atoms with Crippen LogP contribution < -0.4 is 5.32 Å². The average Bonchev–Trinajstić information content (AvgIpc) is 2.90. The third-order valence-corrected chi connectivity index (χ3v) is 10.2. The van der Waals surface area contributed by atoms with Crippen LogP contribution in [0.2, 0.25) is 0 Å². The first-order chi connectivity index (χ1) is 18.1. The highest BCUT2D eigenvalue weighted by Gasteiger charge is 2.30. The number of rotatable bonds is 9. The maximum atomic E-state index is 13.6. The lowest BCUT2D eigenvalue weighted by Gasteiger charge is -2.29. The van der Waals surface area contributed by atoms with Gasteiger partial charge >= 0.3 is 0 Å². The van der Waals surface area contributed by atoms with Crippen molar-refractivity contribution in [3.05, 3.63) is 90.2 Å². The van der Waals surface area contributed by atoms with Gasteiger partial charge in [-0.2, -0.15) is 8.61 Å². The van der Waals surface area contributed by atoms with Crippen molar-refractivity contribution in [1.29, 1.82) is 0 Å². The number of nitrogens with one attached hydrogen (secondary N) is 1. The van der Waals surface area contributed by atoms with Gasteiger partial charge in [0.1, 0.15) is 5.82 Å². The van der Waals surface area contributed by atoms with Gasteiger partial charge in [-0.05, 0) is 72.9 Å². The van der Waals surface area contributed by atoms with E-state index in [2.05, 4.69) is 12.2 Å². The Hall–Kier alpha value is -3.12. The molecule has 1 N–H and O–H groups in total. The molecule has 202 valence electrons. The summed E-state index contributed by atoms with van der Waals surface area (Å²) < 4.78 is 69.1. The molecule has 0 saturated carbocycles. The molecule has 0 unspecified atom stereocenters. The maximum Gasteiger partial charge on any atom is 0.243 e. The largest absolute Gasteiger partial charge is 0.325 e. The Balaban J connectivity index is 1.58. The third-order valence-electron chi connectivity index (χ3n) is 6.49. The van der Waals surface area contributed by atoms with Gasteiger partial charge in [0, 0.05) is 25.3 Å². The van der Waals surface area contributed by atoms with Gasteiger partial charge in [-0.25, -0.2) is 21.2 Å². The zero-order chi connectivity index (χ0) is 27.3. The van der Waals surface area contributed by atoms with Gasteiger partial charge in [-0.15, -0.1) is 0 Å². The minimum atomic E-state index is -4.22. The number of para-hydroxylation sites is 1. The summed E-state index contributed by atoms with van der Waals surface area (Å²) in [6.45, 7) is 2.25. The fraction of sp³-hybridized carbons (Fsp3) is 0.296. The molecule has 4 rings (SSSR count). The molecule has 1 aliphatic rings. The predicted octanol–water partition coefficient (Wildman–Crippen LogP) is 4.08. The zero-order valence-corrected chi connectivity index (χ0v) is 22.6. The Morgan fingerprint density at radius 1 is 0.895 bits per heavy atom. The highest BCUT2D eigenvalue weighted by Crippen LogP contribution is 2.26. The van der Waals surface area contributed by atoms with Crippen LogP contribution in [0.25, 0.3) is 0 Å². The summed E-state index contributed by atoms with van der Waals surface area (Å²) in [6.07, 6.45) is 1.55. The van der Waals surface area contributed by atoms with Gasteiger partial charge in [0.15, 0.2) is 0 Å². The number of hydrogen-bond donors (Lipinski definition) is 1. The summed E-state index contributed by atoms with van der Waals surface area (Å²) in [5.74, 6) is -0.564. The second kappa shape index (κ2) is 11.7. The number of sulfonamides is 2. The summed E-state index contributed by atoms with van der Waals surface area (Å²) in [6, 6.07) is 19.0. The molecule has 11 heteroatoms. The van der Waals surface area contributed by atoms with E-state index in [1.54, 1.807) is 30.3 Å². The molecule has 1 amide bonds. The molecule has 1 saturated heterocycles. The van der Waals surface area contributed by atoms with Crippen molar-refractivity contribution in [3.63, 3.8) is 0 Å². The summed E-state index contributed by atoms with van der Waals surface area (Å²) in [5, 5.41) is 2.67. The van der Waals surface area contributed by atoms with Crippen LogP contribution in [0.15, 0.2) is 88.7 Å². The molecular weight excluding hydrogens is 529 g/mol. The average molecular weight is 560 g/mol. The van der Waals surface area contributed by atoms with Crippen LogP contribution in [0, 0.1) is 11.7 Å². The number of carbonyl (C=O) groups is 1. The first kappa shape index (κ1) is 27.9. The quantitative estimate of drug-likeness (QED) is 0.426. The van der Waals surface area contributed by atoms with Crippen LogP contribution in [-0.4, -0.2) is 51.0 Å². The highest BCUT2D eigenvalue weighted by atomic mass is 32.2. The van der Waals surface area contributed by atoms with Crippen molar-refractivity contribution in [1.82, 2.24) is 8.61 Å². The lowest BCUT2D eigenvalue weighted by atomic mass is 10.0. The molecule has 0 radical (unpaired) electrons. The van der Waals surface area contributed by atoms with Gasteiger partial charge in [0.25, 0.3) is 0 Å². The van der Waals surface area contributed by atoms with E-state index >= 15 is 0 Å². The molecule has 1 heterocycles. The normalized spacial score (nSPS) is 15.4. The van der Waals surface area contributed by atoms with Gasteiger partial charge in [0.05, 0.1) is 16.3 Å². The van der Waals surface area contributed by atoms with Crippen LogP contribution >= 0.6 is 0 Å². The molecular formula is C27H30FN3O5S2. The van der Waals surface area contributed by atoms with Crippen molar-refractivity contribution >= 4 is 31.6 Å². The number of benzene rings is 3. The number of hydrogen-bond acceptors (Lipinski definition) is 5. The Labute approximate surface area is 223 Å². The van der Waals surface area contributed by atoms with Crippen molar-refractivity contribution in [3.8, 4) is 0 Å². The fourth-order valence-electron chi connectivity index (χ4n) is 4.21. The number of halogens is 1. The number of nitrogens with zero attached hydrogens (tertiary/aromatic N) is 2. The topological polar surface area (TPSA) is 104 Å². The van der Waals surface area contributed by atoms with E-state index in [9.17, 15) is 26.0 Å². The highest BCUT2D eigenvalue weighted by molar-refractivity contribution is 7.89. The van der Waals surface area contributed by atoms with Crippen LogP contribution in [0.4, 0.5) is 10.1 Å². The van der Waals surface area contributed by atoms with Gasteiger partial charge < -0.3 is 5.32 Å². The summed E-state index contributed by atoms with van der Waals surface area (Å²) >= 11 is 0.